The molecule has 0 spiro atoms. The topological polar surface area (TPSA) is 101 Å². The average molecular weight is 580 g/mol. The van der Waals surface area contributed by atoms with E-state index in [-0.39, 0.29) is 23.5 Å². The normalized spacial score (nSPS) is 11.9. The Morgan fingerprint density at radius 3 is 2.07 bits per heavy atom. The lowest BCUT2D eigenvalue weighted by atomic mass is 9.88. The van der Waals surface area contributed by atoms with Crippen molar-refractivity contribution in [1.82, 2.24) is 4.31 Å². The maximum atomic E-state index is 14.8. The van der Waals surface area contributed by atoms with Crippen LogP contribution in [0.25, 0.3) is 0 Å². The first-order chi connectivity index (χ1) is 19.6. The van der Waals surface area contributed by atoms with E-state index in [0.717, 1.165) is 30.4 Å². The highest BCUT2D eigenvalue weighted by atomic mass is 32.2. The maximum Gasteiger partial charge on any atom is 0.269 e. The summed E-state index contributed by atoms with van der Waals surface area (Å²) in [5, 5.41) is 11.4. The van der Waals surface area contributed by atoms with Crippen molar-refractivity contribution in [2.45, 2.75) is 75.8 Å². The number of unbranched alkanes of at least 4 members (excludes halogenated alkanes) is 2. The van der Waals surface area contributed by atoms with Crippen LogP contribution in [0.5, 0.6) is 0 Å². The van der Waals surface area contributed by atoms with Crippen LogP contribution in [0, 0.1) is 10.1 Å². The van der Waals surface area contributed by atoms with E-state index < -0.39 is 20.5 Å². The minimum absolute atomic E-state index is 0.0551. The molecular formula is C32H41N3O5S. The summed E-state index contributed by atoms with van der Waals surface area (Å²) in [5.41, 5.74) is 1.47. The standard InChI is InChI=1S/C32H41N3O5S/c1-5-7-19-32(25-36,20-8-6-2)34(24-26-13-10-9-11-14-26)41(39,40)31-18-17-29(33(3)4)23-28(31)21-27-15-12-16-30(22-27)35(37)38/h9-18,22-23,25H,5-8,19-21,24H2,1-4H3. The van der Waals surface area contributed by atoms with Gasteiger partial charge in [-0.1, -0.05) is 82.0 Å². The summed E-state index contributed by atoms with van der Waals surface area (Å²) in [7, 11) is -0.459. The second-order valence-corrected chi connectivity index (χ2v) is 12.5. The Morgan fingerprint density at radius 1 is 0.878 bits per heavy atom. The quantitative estimate of drug-likeness (QED) is 0.106. The summed E-state index contributed by atoms with van der Waals surface area (Å²) in [6.45, 7) is 4.12. The Morgan fingerprint density at radius 2 is 1.51 bits per heavy atom. The van der Waals surface area contributed by atoms with Crippen LogP contribution in [-0.2, 0) is 27.8 Å². The van der Waals surface area contributed by atoms with Gasteiger partial charge in [0.2, 0.25) is 10.0 Å². The maximum absolute atomic E-state index is 14.8. The predicted molar refractivity (Wildman–Crippen MR) is 164 cm³/mol. The minimum atomic E-state index is -4.20. The number of carbonyl (C=O) groups is 1. The van der Waals surface area contributed by atoms with Crippen molar-refractivity contribution in [3.05, 3.63) is 99.6 Å². The third-order valence-corrected chi connectivity index (χ3v) is 9.48. The average Bonchev–Trinajstić information content (AvgIpc) is 2.97. The van der Waals surface area contributed by atoms with Crippen molar-refractivity contribution in [2.24, 2.45) is 0 Å². The van der Waals surface area contributed by atoms with E-state index in [1.54, 1.807) is 24.3 Å². The van der Waals surface area contributed by atoms with Gasteiger partial charge in [0.1, 0.15) is 6.29 Å². The van der Waals surface area contributed by atoms with Gasteiger partial charge >= 0.3 is 0 Å². The fraction of sp³-hybridized carbons (Fsp3) is 0.406. The summed E-state index contributed by atoms with van der Waals surface area (Å²) in [5.74, 6) is 0. The number of non-ortho nitro benzene ring substituents is 1. The first-order valence-electron chi connectivity index (χ1n) is 14.1. The Hall–Kier alpha value is -3.56. The zero-order chi connectivity index (χ0) is 30.0. The summed E-state index contributed by atoms with van der Waals surface area (Å²) >= 11 is 0. The Balaban J connectivity index is 2.24. The van der Waals surface area contributed by atoms with Crippen molar-refractivity contribution < 1.29 is 18.1 Å². The highest BCUT2D eigenvalue weighted by molar-refractivity contribution is 7.89. The summed E-state index contributed by atoms with van der Waals surface area (Å²) in [6, 6.07) is 20.8. The van der Waals surface area contributed by atoms with Crippen molar-refractivity contribution in [3.63, 3.8) is 0 Å². The first kappa shape index (κ1) is 32.0. The largest absolute Gasteiger partial charge is 0.378 e. The molecule has 0 amide bonds. The van der Waals surface area contributed by atoms with Gasteiger partial charge in [-0.2, -0.15) is 4.31 Å². The molecule has 8 nitrogen and oxygen atoms in total. The fourth-order valence-electron chi connectivity index (χ4n) is 5.10. The second-order valence-electron chi connectivity index (χ2n) is 10.7. The van der Waals surface area contributed by atoms with Crippen molar-refractivity contribution in [3.8, 4) is 0 Å². The van der Waals surface area contributed by atoms with Gasteiger partial charge < -0.3 is 9.69 Å². The van der Waals surface area contributed by atoms with Gasteiger partial charge in [-0.05, 0) is 54.2 Å². The number of benzene rings is 3. The summed E-state index contributed by atoms with van der Waals surface area (Å²) in [4.78, 5) is 25.9. The van der Waals surface area contributed by atoms with Gasteiger partial charge in [-0.15, -0.1) is 0 Å². The molecule has 0 heterocycles. The van der Waals surface area contributed by atoms with E-state index in [2.05, 4.69) is 0 Å². The number of sulfonamides is 1. The molecule has 220 valence electrons. The zero-order valence-electron chi connectivity index (χ0n) is 24.5. The van der Waals surface area contributed by atoms with E-state index >= 15 is 0 Å². The molecular weight excluding hydrogens is 538 g/mol. The number of carbonyl (C=O) groups excluding carboxylic acids is 1. The molecule has 0 bridgehead atoms. The predicted octanol–water partition coefficient (Wildman–Crippen LogP) is 6.76. The van der Waals surface area contributed by atoms with Gasteiger partial charge in [0.15, 0.2) is 0 Å². The third kappa shape index (κ3) is 7.80. The lowest BCUT2D eigenvalue weighted by Gasteiger charge is -2.40. The molecule has 9 heteroatoms. The molecule has 0 fully saturated rings. The molecule has 3 aromatic carbocycles. The van der Waals surface area contributed by atoms with Gasteiger partial charge in [-0.25, -0.2) is 8.42 Å². The molecule has 3 aromatic rings. The van der Waals surface area contributed by atoms with Crippen LogP contribution >= 0.6 is 0 Å². The van der Waals surface area contributed by atoms with Crippen LogP contribution < -0.4 is 4.90 Å². The molecule has 0 atom stereocenters. The summed E-state index contributed by atoms with van der Waals surface area (Å²) < 4.78 is 31.0. The number of nitro groups is 1. The minimum Gasteiger partial charge on any atom is -0.378 e. The molecule has 0 unspecified atom stereocenters. The van der Waals surface area contributed by atoms with E-state index in [1.165, 1.54) is 16.4 Å². The lowest BCUT2D eigenvalue weighted by Crippen LogP contribution is -2.52. The molecule has 0 aliphatic heterocycles. The number of hydrogen-bond acceptors (Lipinski definition) is 6. The molecule has 41 heavy (non-hydrogen) atoms. The molecule has 0 saturated heterocycles. The molecule has 0 saturated carbocycles. The molecule has 0 aliphatic carbocycles. The van der Waals surface area contributed by atoms with Crippen LogP contribution in [0.1, 0.15) is 69.1 Å². The molecule has 3 rings (SSSR count). The summed E-state index contributed by atoms with van der Waals surface area (Å²) in [6.07, 6.45) is 4.95. The lowest BCUT2D eigenvalue weighted by molar-refractivity contribution is -0.384. The van der Waals surface area contributed by atoms with Crippen molar-refractivity contribution >= 4 is 27.7 Å². The van der Waals surface area contributed by atoms with Crippen LogP contribution in [0.4, 0.5) is 11.4 Å². The Kier molecular flexibility index (Phi) is 11.2. The van der Waals surface area contributed by atoms with Gasteiger partial charge in [0.25, 0.3) is 5.69 Å². The number of nitro benzene ring substituents is 1. The van der Waals surface area contributed by atoms with Gasteiger partial charge in [0.05, 0.1) is 15.4 Å². The van der Waals surface area contributed by atoms with E-state index in [0.29, 0.717) is 36.8 Å². The SMILES string of the molecule is CCCCC(C=O)(CCCC)N(Cc1ccccc1)S(=O)(=O)c1ccc(N(C)C)cc1Cc1cccc([N+](=O)[O-])c1. The van der Waals surface area contributed by atoms with E-state index in [4.69, 9.17) is 0 Å². The smallest absolute Gasteiger partial charge is 0.269 e. The number of rotatable bonds is 16. The number of anilines is 1. The highest BCUT2D eigenvalue weighted by Crippen LogP contribution is 2.36. The number of aldehydes is 1. The van der Waals surface area contributed by atoms with Crippen LogP contribution in [0.3, 0.4) is 0 Å². The monoisotopic (exact) mass is 579 g/mol. The molecule has 0 radical (unpaired) electrons. The van der Waals surface area contributed by atoms with Gasteiger partial charge in [-0.3, -0.25) is 10.1 Å². The zero-order valence-corrected chi connectivity index (χ0v) is 25.3. The second kappa shape index (κ2) is 14.4. The third-order valence-electron chi connectivity index (χ3n) is 7.46. The Labute approximate surface area is 244 Å². The van der Waals surface area contributed by atoms with E-state index in [1.807, 2.05) is 69.2 Å². The first-order valence-corrected chi connectivity index (χ1v) is 15.6. The van der Waals surface area contributed by atoms with Crippen molar-refractivity contribution in [2.75, 3.05) is 19.0 Å². The fourth-order valence-corrected chi connectivity index (χ4v) is 7.06. The number of nitrogens with zero attached hydrogens (tertiary/aromatic N) is 3. The highest BCUT2D eigenvalue weighted by Gasteiger charge is 2.44. The Bertz CT molecular complexity index is 1420. The van der Waals surface area contributed by atoms with E-state index in [9.17, 15) is 23.3 Å². The van der Waals surface area contributed by atoms with Crippen LogP contribution in [-0.4, -0.2) is 43.6 Å². The van der Waals surface area contributed by atoms with Crippen molar-refractivity contribution in [1.29, 1.82) is 0 Å². The number of hydrogen-bond donors (Lipinski definition) is 0. The van der Waals surface area contributed by atoms with Crippen LogP contribution in [0.2, 0.25) is 0 Å². The van der Waals surface area contributed by atoms with Gasteiger partial charge in [0, 0.05) is 38.5 Å². The molecule has 0 N–H and O–H groups in total. The van der Waals surface area contributed by atoms with Crippen LogP contribution in [0.15, 0.2) is 77.7 Å². The molecule has 0 aromatic heterocycles. The molecule has 0 aliphatic rings.